The monoisotopic (exact) mass is 144 g/mol. The topological polar surface area (TPSA) is 36.7 Å². The van der Waals surface area contributed by atoms with Gasteiger partial charge >= 0.3 is 0 Å². The van der Waals surface area contributed by atoms with Gasteiger partial charge < -0.3 is 0 Å². The van der Waals surface area contributed by atoms with Crippen LogP contribution in [0.3, 0.4) is 0 Å². The van der Waals surface area contributed by atoms with Crippen molar-refractivity contribution in [1.29, 1.82) is 5.26 Å². The standard InChI is InChI=1S/C9H8N2/c1-7(2)9-3-8(4-10)5-11-6-9/h3,5-6H,1H2,2H3. The van der Waals surface area contributed by atoms with E-state index in [1.807, 2.05) is 13.0 Å². The van der Waals surface area contributed by atoms with Crippen LogP contribution in [-0.2, 0) is 0 Å². The third-order valence-corrected chi connectivity index (χ3v) is 1.36. The fraction of sp³-hybridized carbons (Fsp3) is 0.111. The predicted molar refractivity (Wildman–Crippen MR) is 43.7 cm³/mol. The first-order valence-corrected chi connectivity index (χ1v) is 3.25. The molecule has 1 heterocycles. The summed E-state index contributed by atoms with van der Waals surface area (Å²) in [5.41, 5.74) is 2.42. The number of rotatable bonds is 1. The number of hydrogen-bond donors (Lipinski definition) is 0. The summed E-state index contributed by atoms with van der Waals surface area (Å²) in [5, 5.41) is 8.52. The minimum Gasteiger partial charge on any atom is -0.263 e. The highest BCUT2D eigenvalue weighted by Crippen LogP contribution is 2.10. The van der Waals surface area contributed by atoms with Gasteiger partial charge in [0.1, 0.15) is 6.07 Å². The highest BCUT2D eigenvalue weighted by atomic mass is 14.6. The molecule has 2 nitrogen and oxygen atoms in total. The SMILES string of the molecule is C=C(C)c1cncc(C#N)c1. The maximum absolute atomic E-state index is 8.52. The number of nitrogens with zero attached hydrogens (tertiary/aromatic N) is 2. The Morgan fingerprint density at radius 3 is 2.91 bits per heavy atom. The lowest BCUT2D eigenvalue weighted by atomic mass is 10.1. The first-order chi connectivity index (χ1) is 5.24. The fourth-order valence-electron chi connectivity index (χ4n) is 0.734. The number of nitriles is 1. The lowest BCUT2D eigenvalue weighted by Gasteiger charge is -1.96. The van der Waals surface area contributed by atoms with E-state index in [9.17, 15) is 0 Å². The first kappa shape index (κ1) is 7.49. The first-order valence-electron chi connectivity index (χ1n) is 3.25. The molecule has 0 unspecified atom stereocenters. The van der Waals surface area contributed by atoms with E-state index in [4.69, 9.17) is 5.26 Å². The third kappa shape index (κ3) is 1.65. The highest BCUT2D eigenvalue weighted by molar-refractivity contribution is 5.61. The number of allylic oxidation sites excluding steroid dienone is 1. The summed E-state index contributed by atoms with van der Waals surface area (Å²) in [6.45, 7) is 5.64. The van der Waals surface area contributed by atoms with E-state index in [1.165, 1.54) is 6.20 Å². The molecule has 1 rings (SSSR count). The van der Waals surface area contributed by atoms with Gasteiger partial charge in [0.15, 0.2) is 0 Å². The van der Waals surface area contributed by atoms with Crippen LogP contribution in [0.15, 0.2) is 25.0 Å². The van der Waals surface area contributed by atoms with Crippen molar-refractivity contribution in [3.8, 4) is 6.07 Å². The Kier molecular flexibility index (Phi) is 2.03. The molecular weight excluding hydrogens is 136 g/mol. The van der Waals surface area contributed by atoms with Crippen molar-refractivity contribution in [2.75, 3.05) is 0 Å². The average Bonchev–Trinajstić information content (AvgIpc) is 2.05. The molecule has 0 radical (unpaired) electrons. The van der Waals surface area contributed by atoms with Gasteiger partial charge in [0.2, 0.25) is 0 Å². The van der Waals surface area contributed by atoms with Crippen LogP contribution < -0.4 is 0 Å². The smallest absolute Gasteiger partial charge is 0.101 e. The summed E-state index contributed by atoms with van der Waals surface area (Å²) in [4.78, 5) is 3.89. The summed E-state index contributed by atoms with van der Waals surface area (Å²) in [6, 6.07) is 3.79. The summed E-state index contributed by atoms with van der Waals surface area (Å²) < 4.78 is 0. The number of hydrogen-bond acceptors (Lipinski definition) is 2. The quantitative estimate of drug-likeness (QED) is 0.604. The average molecular weight is 144 g/mol. The van der Waals surface area contributed by atoms with Gasteiger partial charge in [-0.3, -0.25) is 4.98 Å². The van der Waals surface area contributed by atoms with Crippen molar-refractivity contribution in [2.24, 2.45) is 0 Å². The van der Waals surface area contributed by atoms with Gasteiger partial charge in [-0.05, 0) is 24.1 Å². The zero-order chi connectivity index (χ0) is 8.27. The molecule has 0 aliphatic heterocycles. The van der Waals surface area contributed by atoms with E-state index >= 15 is 0 Å². The van der Waals surface area contributed by atoms with Crippen molar-refractivity contribution in [3.63, 3.8) is 0 Å². The van der Waals surface area contributed by atoms with Gasteiger partial charge in [-0.2, -0.15) is 5.26 Å². The Morgan fingerprint density at radius 2 is 2.36 bits per heavy atom. The van der Waals surface area contributed by atoms with Gasteiger partial charge in [0, 0.05) is 12.4 Å². The van der Waals surface area contributed by atoms with E-state index in [0.29, 0.717) is 5.56 Å². The molecular formula is C9H8N2. The second kappa shape index (κ2) is 2.98. The van der Waals surface area contributed by atoms with Crippen molar-refractivity contribution in [3.05, 3.63) is 36.2 Å². The van der Waals surface area contributed by atoms with Crippen molar-refractivity contribution >= 4 is 5.57 Å². The minimum atomic E-state index is 0.575. The second-order valence-corrected chi connectivity index (χ2v) is 2.35. The predicted octanol–water partition coefficient (Wildman–Crippen LogP) is 1.99. The maximum atomic E-state index is 8.52. The summed E-state index contributed by atoms with van der Waals surface area (Å²) >= 11 is 0. The highest BCUT2D eigenvalue weighted by Gasteiger charge is 1.94. The Morgan fingerprint density at radius 1 is 1.64 bits per heavy atom. The van der Waals surface area contributed by atoms with Crippen LogP contribution >= 0.6 is 0 Å². The Labute approximate surface area is 65.8 Å². The van der Waals surface area contributed by atoms with E-state index in [1.54, 1.807) is 12.3 Å². The molecule has 1 aromatic heterocycles. The lowest BCUT2D eigenvalue weighted by molar-refractivity contribution is 1.28. The zero-order valence-corrected chi connectivity index (χ0v) is 6.33. The molecule has 0 aliphatic rings. The van der Waals surface area contributed by atoms with Crippen LogP contribution in [0, 0.1) is 11.3 Å². The van der Waals surface area contributed by atoms with Crippen molar-refractivity contribution < 1.29 is 0 Å². The molecule has 0 fully saturated rings. The molecule has 0 aliphatic carbocycles. The van der Waals surface area contributed by atoms with Crippen molar-refractivity contribution in [2.45, 2.75) is 6.92 Å². The van der Waals surface area contributed by atoms with Gasteiger partial charge in [0.05, 0.1) is 5.56 Å². The van der Waals surface area contributed by atoms with E-state index in [2.05, 4.69) is 11.6 Å². The van der Waals surface area contributed by atoms with Crippen LogP contribution in [0.1, 0.15) is 18.1 Å². The molecule has 0 bridgehead atoms. The molecule has 0 saturated heterocycles. The Hall–Kier alpha value is -1.62. The van der Waals surface area contributed by atoms with Crippen LogP contribution in [0.2, 0.25) is 0 Å². The maximum Gasteiger partial charge on any atom is 0.101 e. The largest absolute Gasteiger partial charge is 0.263 e. The zero-order valence-electron chi connectivity index (χ0n) is 6.33. The van der Waals surface area contributed by atoms with Crippen LogP contribution in [0.4, 0.5) is 0 Å². The van der Waals surface area contributed by atoms with Crippen LogP contribution in [-0.4, -0.2) is 4.98 Å². The summed E-state index contributed by atoms with van der Waals surface area (Å²) in [5.74, 6) is 0. The minimum absolute atomic E-state index is 0.575. The molecule has 1 aromatic rings. The molecule has 0 N–H and O–H groups in total. The number of pyridine rings is 1. The molecule has 54 valence electrons. The molecule has 0 spiro atoms. The van der Waals surface area contributed by atoms with Crippen molar-refractivity contribution in [1.82, 2.24) is 4.98 Å². The number of aromatic nitrogens is 1. The van der Waals surface area contributed by atoms with Crippen LogP contribution in [0.25, 0.3) is 5.57 Å². The van der Waals surface area contributed by atoms with E-state index in [0.717, 1.165) is 11.1 Å². The molecule has 0 saturated carbocycles. The summed E-state index contributed by atoms with van der Waals surface area (Å²) in [7, 11) is 0. The lowest BCUT2D eigenvalue weighted by Crippen LogP contribution is -1.83. The van der Waals surface area contributed by atoms with E-state index < -0.39 is 0 Å². The molecule has 11 heavy (non-hydrogen) atoms. The van der Waals surface area contributed by atoms with Gasteiger partial charge in [-0.1, -0.05) is 6.58 Å². The molecule has 0 aromatic carbocycles. The molecule has 0 amide bonds. The van der Waals surface area contributed by atoms with Gasteiger partial charge in [-0.15, -0.1) is 0 Å². The fourth-order valence-corrected chi connectivity index (χ4v) is 0.734. The normalized spacial score (nSPS) is 8.73. The molecule has 0 atom stereocenters. The van der Waals surface area contributed by atoms with Gasteiger partial charge in [0.25, 0.3) is 0 Å². The Bertz CT molecular complexity index is 321. The molecule has 2 heteroatoms. The summed E-state index contributed by atoms with van der Waals surface area (Å²) in [6.07, 6.45) is 3.23. The van der Waals surface area contributed by atoms with E-state index in [-0.39, 0.29) is 0 Å². The Balaban J connectivity index is 3.13. The second-order valence-electron chi connectivity index (χ2n) is 2.35. The van der Waals surface area contributed by atoms with Crippen LogP contribution in [0.5, 0.6) is 0 Å². The van der Waals surface area contributed by atoms with Gasteiger partial charge in [-0.25, -0.2) is 0 Å². The third-order valence-electron chi connectivity index (χ3n) is 1.36.